The highest BCUT2D eigenvalue weighted by Crippen LogP contribution is 2.30. The third-order valence-electron chi connectivity index (χ3n) is 2.70. The molecule has 0 saturated carbocycles. The molecule has 0 radical (unpaired) electrons. The second-order valence-electron chi connectivity index (χ2n) is 4.33. The normalized spacial score (nSPS) is 12.4. The second-order valence-corrected chi connectivity index (χ2v) is 5.95. The highest BCUT2D eigenvalue weighted by atomic mass is 32.2. The van der Waals surface area contributed by atoms with Crippen molar-refractivity contribution in [2.75, 3.05) is 4.72 Å². The molecular weight excluding hydrogens is 309 g/mol. The molecule has 114 valence electrons. The van der Waals surface area contributed by atoms with Gasteiger partial charge in [-0.2, -0.15) is 13.2 Å². The van der Waals surface area contributed by atoms with E-state index in [1.54, 1.807) is 0 Å². The van der Waals surface area contributed by atoms with Crippen molar-refractivity contribution in [3.05, 3.63) is 41.3 Å². The lowest BCUT2D eigenvalue weighted by Crippen LogP contribution is -2.14. The summed E-state index contributed by atoms with van der Waals surface area (Å²) >= 11 is 0. The Labute approximate surface area is 118 Å². The van der Waals surface area contributed by atoms with Crippen molar-refractivity contribution in [1.82, 2.24) is 5.16 Å². The molecule has 0 spiro atoms. The number of halogens is 3. The summed E-state index contributed by atoms with van der Waals surface area (Å²) in [6.07, 6.45) is -4.47. The van der Waals surface area contributed by atoms with Crippen LogP contribution < -0.4 is 4.72 Å². The van der Waals surface area contributed by atoms with Gasteiger partial charge in [0.15, 0.2) is 10.7 Å². The maximum atomic E-state index is 12.4. The maximum Gasteiger partial charge on any atom is 0.416 e. The first-order chi connectivity index (χ1) is 9.61. The van der Waals surface area contributed by atoms with Gasteiger partial charge in [-0.15, -0.1) is 0 Å². The second kappa shape index (κ2) is 5.06. The molecule has 9 heteroatoms. The highest BCUT2D eigenvalue weighted by Gasteiger charge is 2.30. The topological polar surface area (TPSA) is 72.2 Å². The first-order valence-corrected chi connectivity index (χ1v) is 7.22. The molecule has 0 bridgehead atoms. The Morgan fingerprint density at radius 1 is 1.14 bits per heavy atom. The zero-order valence-corrected chi connectivity index (χ0v) is 11.8. The molecule has 0 saturated heterocycles. The van der Waals surface area contributed by atoms with Crippen molar-refractivity contribution in [3.63, 3.8) is 0 Å². The van der Waals surface area contributed by atoms with Crippen LogP contribution in [0, 0.1) is 13.8 Å². The molecule has 1 aromatic heterocycles. The average Bonchev–Trinajstić information content (AvgIpc) is 2.68. The molecule has 0 amide bonds. The van der Waals surface area contributed by atoms with Gasteiger partial charge < -0.3 is 4.52 Å². The Balaban J connectivity index is 2.30. The van der Waals surface area contributed by atoms with Crippen LogP contribution in [0.4, 0.5) is 18.9 Å². The quantitative estimate of drug-likeness (QED) is 0.943. The van der Waals surface area contributed by atoms with Gasteiger partial charge in [0, 0.05) is 5.69 Å². The van der Waals surface area contributed by atoms with Gasteiger partial charge in [0.05, 0.1) is 5.56 Å². The minimum absolute atomic E-state index is 0.0167. The van der Waals surface area contributed by atoms with E-state index < -0.39 is 21.8 Å². The number of alkyl halides is 3. The maximum absolute atomic E-state index is 12.4. The van der Waals surface area contributed by atoms with E-state index in [1.807, 2.05) is 0 Å². The van der Waals surface area contributed by atoms with Gasteiger partial charge in [-0.1, -0.05) is 5.16 Å². The highest BCUT2D eigenvalue weighted by molar-refractivity contribution is 7.92. The molecular formula is C12H11F3N2O3S. The number of nitrogens with one attached hydrogen (secondary N) is 1. The molecule has 2 rings (SSSR count). The standard InChI is InChI=1S/C12H11F3N2O3S/c1-7-11(8(2)20-16-7)21(18,19)17-10-5-3-9(4-6-10)12(13,14)15/h3-6,17H,1-2H3. The molecule has 0 unspecified atom stereocenters. The van der Waals surface area contributed by atoms with Crippen molar-refractivity contribution in [1.29, 1.82) is 0 Å². The molecule has 1 aromatic carbocycles. The lowest BCUT2D eigenvalue weighted by Gasteiger charge is -2.10. The summed E-state index contributed by atoms with van der Waals surface area (Å²) in [7, 11) is -3.97. The molecule has 1 N–H and O–H groups in total. The van der Waals surface area contributed by atoms with Gasteiger partial charge in [-0.3, -0.25) is 4.72 Å². The zero-order chi connectivity index (χ0) is 15.8. The molecule has 0 aliphatic carbocycles. The number of hydrogen-bond donors (Lipinski definition) is 1. The van der Waals surface area contributed by atoms with Crippen molar-refractivity contribution in [2.24, 2.45) is 0 Å². The summed E-state index contributed by atoms with van der Waals surface area (Å²) in [5.41, 5.74) is -0.669. The number of aryl methyl sites for hydroxylation is 2. The van der Waals surface area contributed by atoms with E-state index in [-0.39, 0.29) is 22.0 Å². The fourth-order valence-corrected chi connectivity index (χ4v) is 3.18. The lowest BCUT2D eigenvalue weighted by molar-refractivity contribution is -0.137. The molecule has 2 aromatic rings. The number of hydrogen-bond acceptors (Lipinski definition) is 4. The number of nitrogens with zero attached hydrogens (tertiary/aromatic N) is 1. The van der Waals surface area contributed by atoms with Crippen LogP contribution >= 0.6 is 0 Å². The van der Waals surface area contributed by atoms with Gasteiger partial charge in [0.1, 0.15) is 5.69 Å². The number of rotatable bonds is 3. The Kier molecular flexibility index (Phi) is 3.70. The first kappa shape index (κ1) is 15.4. The van der Waals surface area contributed by atoms with Gasteiger partial charge in [-0.05, 0) is 38.1 Å². The van der Waals surface area contributed by atoms with Gasteiger partial charge >= 0.3 is 6.18 Å². The van der Waals surface area contributed by atoms with Crippen molar-refractivity contribution < 1.29 is 26.1 Å². The van der Waals surface area contributed by atoms with Gasteiger partial charge in [0.2, 0.25) is 0 Å². The number of aromatic nitrogens is 1. The van der Waals surface area contributed by atoms with Crippen LogP contribution in [0.15, 0.2) is 33.7 Å². The van der Waals surface area contributed by atoms with E-state index in [0.717, 1.165) is 24.3 Å². The fraction of sp³-hybridized carbons (Fsp3) is 0.250. The number of benzene rings is 1. The zero-order valence-electron chi connectivity index (χ0n) is 11.0. The van der Waals surface area contributed by atoms with E-state index in [9.17, 15) is 21.6 Å². The Hall–Kier alpha value is -2.03. The number of sulfonamides is 1. The lowest BCUT2D eigenvalue weighted by atomic mass is 10.2. The largest absolute Gasteiger partial charge is 0.416 e. The van der Waals surface area contributed by atoms with E-state index in [2.05, 4.69) is 9.88 Å². The predicted octanol–water partition coefficient (Wildman–Crippen LogP) is 3.11. The van der Waals surface area contributed by atoms with E-state index >= 15 is 0 Å². The van der Waals surface area contributed by atoms with Crippen LogP contribution in [0.5, 0.6) is 0 Å². The molecule has 5 nitrogen and oxygen atoms in total. The van der Waals surface area contributed by atoms with Crippen LogP contribution in [0.3, 0.4) is 0 Å². The summed E-state index contributed by atoms with van der Waals surface area (Å²) in [6.45, 7) is 2.89. The third-order valence-corrected chi connectivity index (χ3v) is 4.33. The van der Waals surface area contributed by atoms with Crippen LogP contribution in [-0.4, -0.2) is 13.6 Å². The third kappa shape index (κ3) is 3.18. The van der Waals surface area contributed by atoms with Crippen LogP contribution in [0.1, 0.15) is 17.0 Å². The summed E-state index contributed by atoms with van der Waals surface area (Å²) in [5, 5.41) is 3.53. The Morgan fingerprint density at radius 2 is 1.71 bits per heavy atom. The van der Waals surface area contributed by atoms with E-state index in [1.165, 1.54) is 13.8 Å². The van der Waals surface area contributed by atoms with E-state index in [0.29, 0.717) is 0 Å². The summed E-state index contributed by atoms with van der Waals surface area (Å²) < 4.78 is 68.5. The minimum atomic E-state index is -4.47. The SMILES string of the molecule is Cc1noc(C)c1S(=O)(=O)Nc1ccc(C(F)(F)F)cc1. The summed E-state index contributed by atoms with van der Waals surface area (Å²) in [4.78, 5) is -0.123. The fourth-order valence-electron chi connectivity index (χ4n) is 1.79. The average molecular weight is 320 g/mol. The first-order valence-electron chi connectivity index (χ1n) is 5.74. The van der Waals surface area contributed by atoms with E-state index in [4.69, 9.17) is 4.52 Å². The molecule has 0 atom stereocenters. The Bertz CT molecular complexity index is 730. The van der Waals surface area contributed by atoms with Crippen LogP contribution in [-0.2, 0) is 16.2 Å². The van der Waals surface area contributed by atoms with Crippen LogP contribution in [0.2, 0.25) is 0 Å². The predicted molar refractivity (Wildman–Crippen MR) is 68.2 cm³/mol. The van der Waals surface area contributed by atoms with Crippen molar-refractivity contribution in [2.45, 2.75) is 24.9 Å². The summed E-state index contributed by atoms with van der Waals surface area (Å²) in [5.74, 6) is 0.104. The molecule has 1 heterocycles. The van der Waals surface area contributed by atoms with Crippen LogP contribution in [0.25, 0.3) is 0 Å². The Morgan fingerprint density at radius 3 is 2.14 bits per heavy atom. The number of anilines is 1. The van der Waals surface area contributed by atoms with Crippen molar-refractivity contribution in [3.8, 4) is 0 Å². The monoisotopic (exact) mass is 320 g/mol. The molecule has 0 aliphatic rings. The molecule has 0 fully saturated rings. The van der Waals surface area contributed by atoms with Gasteiger partial charge in [0.25, 0.3) is 10.0 Å². The van der Waals surface area contributed by atoms with Gasteiger partial charge in [-0.25, -0.2) is 8.42 Å². The summed E-state index contributed by atoms with van der Waals surface area (Å²) in [6, 6.07) is 3.67. The smallest absolute Gasteiger partial charge is 0.360 e. The van der Waals surface area contributed by atoms with Crippen molar-refractivity contribution >= 4 is 15.7 Å². The minimum Gasteiger partial charge on any atom is -0.360 e. The molecule has 0 aliphatic heterocycles. The molecule has 21 heavy (non-hydrogen) atoms.